The molecule has 1 fully saturated rings. The predicted molar refractivity (Wildman–Crippen MR) is 87.2 cm³/mol. The third-order valence-corrected chi connectivity index (χ3v) is 5.81. The Hall–Kier alpha value is -1.89. The van der Waals surface area contributed by atoms with Crippen LogP contribution in [0.5, 0.6) is 0 Å². The van der Waals surface area contributed by atoms with E-state index >= 15 is 0 Å². The zero-order chi connectivity index (χ0) is 16.6. The van der Waals surface area contributed by atoms with Crippen LogP contribution in [0.15, 0.2) is 6.07 Å². The highest BCUT2D eigenvalue weighted by Gasteiger charge is 2.36. The summed E-state index contributed by atoms with van der Waals surface area (Å²) < 4.78 is 0. The van der Waals surface area contributed by atoms with Gasteiger partial charge < -0.3 is 15.1 Å². The van der Waals surface area contributed by atoms with Crippen LogP contribution in [-0.2, 0) is 22.6 Å². The van der Waals surface area contributed by atoms with Crippen LogP contribution in [0.2, 0.25) is 0 Å². The first-order valence-electron chi connectivity index (χ1n) is 7.93. The average molecular weight is 335 g/mol. The molecule has 0 saturated carbocycles. The van der Waals surface area contributed by atoms with Crippen molar-refractivity contribution >= 4 is 29.1 Å². The van der Waals surface area contributed by atoms with Crippen LogP contribution < -0.4 is 5.32 Å². The molecule has 3 amide bonds. The largest absolute Gasteiger partial charge is 0.354 e. The quantitative estimate of drug-likeness (QED) is 0.891. The van der Waals surface area contributed by atoms with Crippen LogP contribution in [0.3, 0.4) is 0 Å². The van der Waals surface area contributed by atoms with Crippen LogP contribution in [-0.4, -0.2) is 54.2 Å². The molecule has 1 aromatic heterocycles. The van der Waals surface area contributed by atoms with Gasteiger partial charge in [-0.25, -0.2) is 0 Å². The van der Waals surface area contributed by atoms with Crippen LogP contribution in [0.1, 0.15) is 33.5 Å². The Morgan fingerprint density at radius 3 is 2.87 bits per heavy atom. The number of nitrogens with one attached hydrogen (secondary N) is 1. The van der Waals surface area contributed by atoms with E-state index in [-0.39, 0.29) is 23.6 Å². The summed E-state index contributed by atoms with van der Waals surface area (Å²) in [7, 11) is 1.62. The number of rotatable bonds is 3. The van der Waals surface area contributed by atoms with Gasteiger partial charge in [0.25, 0.3) is 5.91 Å². The maximum Gasteiger partial charge on any atom is 0.261 e. The highest BCUT2D eigenvalue weighted by Crippen LogP contribution is 2.30. The summed E-state index contributed by atoms with van der Waals surface area (Å²) >= 11 is 1.51. The second-order valence-electron chi connectivity index (χ2n) is 5.98. The summed E-state index contributed by atoms with van der Waals surface area (Å²) in [5, 5.41) is 2.63. The van der Waals surface area contributed by atoms with Gasteiger partial charge in [0.2, 0.25) is 11.8 Å². The molecule has 124 valence electrons. The number of likely N-dealkylation sites (tertiary alicyclic amines) is 1. The van der Waals surface area contributed by atoms with Gasteiger partial charge in [0.15, 0.2) is 0 Å². The highest BCUT2D eigenvalue weighted by atomic mass is 32.1. The molecule has 0 spiro atoms. The molecule has 1 atom stereocenters. The molecule has 0 aromatic carbocycles. The van der Waals surface area contributed by atoms with E-state index in [1.807, 2.05) is 17.9 Å². The number of amides is 3. The second-order valence-corrected chi connectivity index (χ2v) is 7.12. The van der Waals surface area contributed by atoms with Crippen LogP contribution in [0, 0.1) is 5.92 Å². The lowest BCUT2D eigenvalue weighted by Crippen LogP contribution is -2.40. The van der Waals surface area contributed by atoms with Crippen molar-refractivity contribution in [3.63, 3.8) is 0 Å². The minimum absolute atomic E-state index is 0.0626. The Kier molecular flexibility index (Phi) is 4.39. The van der Waals surface area contributed by atoms with Crippen molar-refractivity contribution in [3.05, 3.63) is 21.4 Å². The van der Waals surface area contributed by atoms with Crippen LogP contribution in [0.4, 0.5) is 0 Å². The molecule has 0 aliphatic carbocycles. The van der Waals surface area contributed by atoms with Crippen molar-refractivity contribution in [2.24, 2.45) is 5.92 Å². The summed E-state index contributed by atoms with van der Waals surface area (Å²) in [6, 6.07) is 1.89. The second kappa shape index (κ2) is 6.31. The van der Waals surface area contributed by atoms with E-state index in [0.29, 0.717) is 37.5 Å². The Balaban J connectivity index is 1.69. The molecule has 3 rings (SSSR count). The van der Waals surface area contributed by atoms with Crippen LogP contribution in [0.25, 0.3) is 0 Å². The fourth-order valence-corrected chi connectivity index (χ4v) is 4.37. The summed E-state index contributed by atoms with van der Waals surface area (Å²) in [6.45, 7) is 4.33. The molecule has 1 N–H and O–H groups in total. The van der Waals surface area contributed by atoms with Gasteiger partial charge in [0, 0.05) is 44.5 Å². The first-order valence-corrected chi connectivity index (χ1v) is 8.75. The van der Waals surface area contributed by atoms with Crippen molar-refractivity contribution < 1.29 is 14.4 Å². The summed E-state index contributed by atoms with van der Waals surface area (Å²) in [5.41, 5.74) is 1.06. The van der Waals surface area contributed by atoms with Crippen molar-refractivity contribution in [1.82, 2.24) is 15.1 Å². The fourth-order valence-electron chi connectivity index (χ4n) is 3.26. The van der Waals surface area contributed by atoms with Gasteiger partial charge in [0.05, 0.1) is 10.8 Å². The molecular formula is C16H21N3O3S. The number of carbonyl (C=O) groups excluding carboxylic acids is 3. The zero-order valence-electron chi connectivity index (χ0n) is 13.4. The first-order chi connectivity index (χ1) is 11.0. The first kappa shape index (κ1) is 16.0. The standard InChI is InChI=1S/C16H21N3O3S/c1-3-18-9-11(7-14(18)20)16(22)19-5-4-12-10(8-19)6-13(23-12)15(21)17-2/h6,11H,3-5,7-9H2,1-2H3,(H,17,21)/t11-/m0/s1. The molecule has 0 radical (unpaired) electrons. The molecule has 7 heteroatoms. The summed E-state index contributed by atoms with van der Waals surface area (Å²) in [4.78, 5) is 41.7. The fraction of sp³-hybridized carbons (Fsp3) is 0.562. The zero-order valence-corrected chi connectivity index (χ0v) is 14.2. The Morgan fingerprint density at radius 2 is 2.22 bits per heavy atom. The summed E-state index contributed by atoms with van der Waals surface area (Å²) in [5.74, 6) is -0.170. The monoisotopic (exact) mass is 335 g/mol. The van der Waals surface area contributed by atoms with E-state index in [4.69, 9.17) is 0 Å². The van der Waals surface area contributed by atoms with Gasteiger partial charge in [-0.15, -0.1) is 11.3 Å². The smallest absolute Gasteiger partial charge is 0.261 e. The lowest BCUT2D eigenvalue weighted by atomic mass is 10.0. The number of hydrogen-bond acceptors (Lipinski definition) is 4. The van der Waals surface area contributed by atoms with Gasteiger partial charge in [-0.1, -0.05) is 0 Å². The van der Waals surface area contributed by atoms with E-state index < -0.39 is 0 Å². The normalized spacial score (nSPS) is 20.6. The van der Waals surface area contributed by atoms with Crippen molar-refractivity contribution in [1.29, 1.82) is 0 Å². The number of hydrogen-bond donors (Lipinski definition) is 1. The Bertz CT molecular complexity index is 655. The van der Waals surface area contributed by atoms with Crippen molar-refractivity contribution in [2.45, 2.75) is 26.3 Å². The number of thiophene rings is 1. The molecule has 3 heterocycles. The SMILES string of the molecule is CCN1C[C@@H](C(=O)N2CCc3sc(C(=O)NC)cc3C2)CC1=O. The van der Waals surface area contributed by atoms with E-state index in [9.17, 15) is 14.4 Å². The average Bonchev–Trinajstić information content (AvgIpc) is 3.15. The molecule has 6 nitrogen and oxygen atoms in total. The lowest BCUT2D eigenvalue weighted by Gasteiger charge is -2.29. The minimum atomic E-state index is -0.221. The van der Waals surface area contributed by atoms with E-state index in [1.54, 1.807) is 11.9 Å². The van der Waals surface area contributed by atoms with Gasteiger partial charge in [-0.05, 0) is 25.0 Å². The molecule has 1 saturated heterocycles. The van der Waals surface area contributed by atoms with Gasteiger partial charge in [0.1, 0.15) is 0 Å². The van der Waals surface area contributed by atoms with E-state index in [0.717, 1.165) is 12.0 Å². The van der Waals surface area contributed by atoms with Crippen molar-refractivity contribution in [2.75, 3.05) is 26.7 Å². The Labute approximate surface area is 139 Å². The Morgan fingerprint density at radius 1 is 1.43 bits per heavy atom. The highest BCUT2D eigenvalue weighted by molar-refractivity contribution is 7.14. The maximum absolute atomic E-state index is 12.7. The molecule has 0 bridgehead atoms. The van der Waals surface area contributed by atoms with Crippen molar-refractivity contribution in [3.8, 4) is 0 Å². The topological polar surface area (TPSA) is 69.7 Å². The minimum Gasteiger partial charge on any atom is -0.354 e. The molecule has 2 aliphatic rings. The van der Waals surface area contributed by atoms with Gasteiger partial charge in [-0.3, -0.25) is 14.4 Å². The third-order valence-electron chi connectivity index (χ3n) is 4.57. The number of fused-ring (bicyclic) bond motifs is 1. The summed E-state index contributed by atoms with van der Waals surface area (Å²) in [6.07, 6.45) is 1.10. The predicted octanol–water partition coefficient (Wildman–Crippen LogP) is 0.861. The molecule has 0 unspecified atom stereocenters. The maximum atomic E-state index is 12.7. The number of nitrogens with zero attached hydrogens (tertiary/aromatic N) is 2. The molecular weight excluding hydrogens is 314 g/mol. The van der Waals surface area contributed by atoms with E-state index in [1.165, 1.54) is 16.2 Å². The molecule has 1 aromatic rings. The third kappa shape index (κ3) is 2.97. The van der Waals surface area contributed by atoms with Crippen LogP contribution >= 0.6 is 11.3 Å². The van der Waals surface area contributed by atoms with E-state index in [2.05, 4.69) is 5.32 Å². The number of carbonyl (C=O) groups is 3. The molecule has 23 heavy (non-hydrogen) atoms. The van der Waals surface area contributed by atoms with Gasteiger partial charge in [-0.2, -0.15) is 0 Å². The lowest BCUT2D eigenvalue weighted by molar-refractivity contribution is -0.136. The van der Waals surface area contributed by atoms with Gasteiger partial charge >= 0.3 is 0 Å². The molecule has 2 aliphatic heterocycles.